The van der Waals surface area contributed by atoms with E-state index in [1.807, 2.05) is 48.2 Å². The monoisotopic (exact) mass is 315 g/mol. The highest BCUT2D eigenvalue weighted by atomic mass is 79.9. The Kier molecular flexibility index (Phi) is 3.15. The van der Waals surface area contributed by atoms with Crippen molar-refractivity contribution in [2.75, 3.05) is 11.4 Å². The molecular weight excluding hydrogens is 302 g/mol. The number of carbonyl (C=O) groups excluding carboxylic acids is 1. The van der Waals surface area contributed by atoms with Crippen LogP contribution in [-0.2, 0) is 6.42 Å². The third-order valence-corrected chi connectivity index (χ3v) is 4.61. The Morgan fingerprint density at radius 3 is 2.79 bits per heavy atom. The van der Waals surface area contributed by atoms with E-state index in [0.717, 1.165) is 34.3 Å². The topological polar surface area (TPSA) is 20.3 Å². The number of para-hydroxylation sites is 1. The van der Waals surface area contributed by atoms with Crippen molar-refractivity contribution in [1.82, 2.24) is 0 Å². The van der Waals surface area contributed by atoms with Crippen LogP contribution < -0.4 is 4.90 Å². The number of hydrogen-bond donors (Lipinski definition) is 0. The molecule has 0 radical (unpaired) electrons. The van der Waals surface area contributed by atoms with Gasteiger partial charge in [-0.3, -0.25) is 4.79 Å². The van der Waals surface area contributed by atoms with Crippen molar-refractivity contribution in [2.45, 2.75) is 13.3 Å². The van der Waals surface area contributed by atoms with E-state index in [1.54, 1.807) is 0 Å². The molecule has 19 heavy (non-hydrogen) atoms. The van der Waals surface area contributed by atoms with Crippen molar-refractivity contribution in [3.63, 3.8) is 0 Å². The van der Waals surface area contributed by atoms with Gasteiger partial charge in [0.2, 0.25) is 0 Å². The van der Waals surface area contributed by atoms with Gasteiger partial charge in [0.15, 0.2) is 0 Å². The van der Waals surface area contributed by atoms with Gasteiger partial charge in [-0.1, -0.05) is 30.3 Å². The van der Waals surface area contributed by atoms with Crippen LogP contribution in [0.3, 0.4) is 0 Å². The Morgan fingerprint density at radius 1 is 1.16 bits per heavy atom. The fraction of sp³-hybridized carbons (Fsp3) is 0.188. The van der Waals surface area contributed by atoms with Crippen molar-refractivity contribution in [3.05, 3.63) is 63.6 Å². The van der Waals surface area contributed by atoms with Gasteiger partial charge in [-0.25, -0.2) is 0 Å². The lowest BCUT2D eigenvalue weighted by Gasteiger charge is -2.18. The minimum Gasteiger partial charge on any atom is -0.308 e. The maximum absolute atomic E-state index is 12.7. The molecule has 0 atom stereocenters. The number of hydrogen-bond acceptors (Lipinski definition) is 1. The Hall–Kier alpha value is -1.61. The molecule has 2 nitrogen and oxygen atoms in total. The molecule has 1 amide bonds. The molecule has 0 saturated carbocycles. The summed E-state index contributed by atoms with van der Waals surface area (Å²) < 4.78 is 0.893. The zero-order chi connectivity index (χ0) is 13.4. The van der Waals surface area contributed by atoms with Crippen LogP contribution in [0.2, 0.25) is 0 Å². The lowest BCUT2D eigenvalue weighted by atomic mass is 10.1. The van der Waals surface area contributed by atoms with Crippen molar-refractivity contribution in [2.24, 2.45) is 0 Å². The molecule has 0 saturated heterocycles. The van der Waals surface area contributed by atoms with E-state index >= 15 is 0 Å². The van der Waals surface area contributed by atoms with Crippen LogP contribution >= 0.6 is 15.9 Å². The smallest absolute Gasteiger partial charge is 0.259 e. The Morgan fingerprint density at radius 2 is 1.95 bits per heavy atom. The normalized spacial score (nSPS) is 13.5. The van der Waals surface area contributed by atoms with Crippen molar-refractivity contribution in [3.8, 4) is 0 Å². The van der Waals surface area contributed by atoms with Gasteiger partial charge in [-0.2, -0.15) is 0 Å². The van der Waals surface area contributed by atoms with Gasteiger partial charge in [0, 0.05) is 16.7 Å². The molecule has 2 aromatic rings. The lowest BCUT2D eigenvalue weighted by Crippen LogP contribution is -2.29. The molecule has 0 bridgehead atoms. The molecule has 0 aromatic heterocycles. The molecule has 2 aromatic carbocycles. The second-order valence-electron chi connectivity index (χ2n) is 4.77. The van der Waals surface area contributed by atoms with Crippen LogP contribution in [0.15, 0.2) is 46.9 Å². The molecule has 0 unspecified atom stereocenters. The van der Waals surface area contributed by atoms with Gasteiger partial charge in [0.1, 0.15) is 0 Å². The number of carbonyl (C=O) groups is 1. The summed E-state index contributed by atoms with van der Waals surface area (Å²) in [6.45, 7) is 2.76. The molecular formula is C16H14BrNO. The largest absolute Gasteiger partial charge is 0.308 e. The van der Waals surface area contributed by atoms with Gasteiger partial charge < -0.3 is 4.90 Å². The second kappa shape index (κ2) is 4.82. The molecule has 1 aliphatic heterocycles. The fourth-order valence-corrected chi connectivity index (χ4v) is 2.94. The summed E-state index contributed by atoms with van der Waals surface area (Å²) in [5.41, 5.74) is 4.11. The van der Waals surface area contributed by atoms with E-state index in [0.29, 0.717) is 0 Å². The number of fused-ring (bicyclic) bond motifs is 1. The third-order valence-electron chi connectivity index (χ3n) is 3.55. The van der Waals surface area contributed by atoms with Crippen LogP contribution in [0.5, 0.6) is 0 Å². The van der Waals surface area contributed by atoms with E-state index < -0.39 is 0 Å². The summed E-state index contributed by atoms with van der Waals surface area (Å²) in [6.07, 6.45) is 0.936. The summed E-state index contributed by atoms with van der Waals surface area (Å²) in [6, 6.07) is 13.9. The molecule has 1 heterocycles. The molecule has 0 fully saturated rings. The zero-order valence-electron chi connectivity index (χ0n) is 10.7. The number of nitrogens with zero attached hydrogens (tertiary/aromatic N) is 1. The fourth-order valence-electron chi connectivity index (χ4n) is 2.51. The van der Waals surface area contributed by atoms with E-state index in [2.05, 4.69) is 22.0 Å². The quantitative estimate of drug-likeness (QED) is 0.780. The minimum absolute atomic E-state index is 0.0699. The van der Waals surface area contributed by atoms with Crippen LogP contribution in [0.4, 0.5) is 5.69 Å². The molecule has 0 N–H and O–H groups in total. The molecule has 3 rings (SSSR count). The predicted octanol–water partition coefficient (Wildman–Crippen LogP) is 3.96. The van der Waals surface area contributed by atoms with Crippen molar-refractivity contribution in [1.29, 1.82) is 0 Å². The van der Waals surface area contributed by atoms with E-state index in [9.17, 15) is 4.79 Å². The van der Waals surface area contributed by atoms with Gasteiger partial charge >= 0.3 is 0 Å². The van der Waals surface area contributed by atoms with Gasteiger partial charge in [0.05, 0.1) is 5.56 Å². The highest BCUT2D eigenvalue weighted by Gasteiger charge is 2.26. The number of anilines is 1. The average molecular weight is 316 g/mol. The van der Waals surface area contributed by atoms with Crippen LogP contribution in [0.1, 0.15) is 21.5 Å². The van der Waals surface area contributed by atoms with E-state index in [1.165, 1.54) is 5.56 Å². The second-order valence-corrected chi connectivity index (χ2v) is 5.56. The van der Waals surface area contributed by atoms with Gasteiger partial charge in [0.25, 0.3) is 5.91 Å². The standard InChI is InChI=1S/C16H14BrNO/c1-11-5-4-7-13(15(11)17)16(19)18-10-9-12-6-2-3-8-14(12)18/h2-8H,9-10H2,1H3. The van der Waals surface area contributed by atoms with Crippen molar-refractivity contribution < 1.29 is 4.79 Å². The van der Waals surface area contributed by atoms with Crippen LogP contribution in [0.25, 0.3) is 0 Å². The molecule has 3 heteroatoms. The molecule has 96 valence electrons. The Bertz CT molecular complexity index is 651. The first kappa shape index (κ1) is 12.4. The summed E-state index contributed by atoms with van der Waals surface area (Å²) in [4.78, 5) is 14.5. The molecule has 0 aliphatic carbocycles. The van der Waals surface area contributed by atoms with Gasteiger partial charge in [-0.15, -0.1) is 0 Å². The van der Waals surface area contributed by atoms with Crippen LogP contribution in [0, 0.1) is 6.92 Å². The predicted molar refractivity (Wildman–Crippen MR) is 80.7 cm³/mol. The first-order valence-electron chi connectivity index (χ1n) is 6.33. The Labute approximate surface area is 121 Å². The lowest BCUT2D eigenvalue weighted by molar-refractivity contribution is 0.0988. The highest BCUT2D eigenvalue weighted by molar-refractivity contribution is 9.10. The number of amides is 1. The highest BCUT2D eigenvalue weighted by Crippen LogP contribution is 2.31. The maximum Gasteiger partial charge on any atom is 0.259 e. The van der Waals surface area contributed by atoms with Gasteiger partial charge in [-0.05, 0) is 52.5 Å². The molecule has 0 spiro atoms. The SMILES string of the molecule is Cc1cccc(C(=O)N2CCc3ccccc32)c1Br. The minimum atomic E-state index is 0.0699. The van der Waals surface area contributed by atoms with E-state index in [-0.39, 0.29) is 5.91 Å². The summed E-state index contributed by atoms with van der Waals surface area (Å²) in [7, 11) is 0. The van der Waals surface area contributed by atoms with Crippen molar-refractivity contribution >= 4 is 27.5 Å². The number of aryl methyl sites for hydroxylation is 1. The molecule has 1 aliphatic rings. The first-order valence-corrected chi connectivity index (χ1v) is 7.12. The van der Waals surface area contributed by atoms with Crippen LogP contribution in [-0.4, -0.2) is 12.5 Å². The number of rotatable bonds is 1. The average Bonchev–Trinajstić information content (AvgIpc) is 2.85. The number of benzene rings is 2. The number of halogens is 1. The first-order chi connectivity index (χ1) is 9.18. The summed E-state index contributed by atoms with van der Waals surface area (Å²) in [5.74, 6) is 0.0699. The summed E-state index contributed by atoms with van der Waals surface area (Å²) in [5, 5.41) is 0. The Balaban J connectivity index is 2.00. The van der Waals surface area contributed by atoms with E-state index in [4.69, 9.17) is 0 Å². The summed E-state index contributed by atoms with van der Waals surface area (Å²) >= 11 is 3.52. The third kappa shape index (κ3) is 2.08. The maximum atomic E-state index is 12.7. The zero-order valence-corrected chi connectivity index (χ0v) is 12.3.